The van der Waals surface area contributed by atoms with Crippen LogP contribution in [0.1, 0.15) is 44.0 Å². The first kappa shape index (κ1) is 14.3. The van der Waals surface area contributed by atoms with Gasteiger partial charge in [-0.05, 0) is 26.3 Å². The second kappa shape index (κ2) is 5.71. The Morgan fingerprint density at radius 1 is 1.56 bits per heavy atom. The summed E-state index contributed by atoms with van der Waals surface area (Å²) in [6, 6.07) is 1.57. The molecule has 0 radical (unpaired) electrons. The minimum Gasteiger partial charge on any atom is -0.465 e. The fourth-order valence-electron chi connectivity index (χ4n) is 1.85. The highest BCUT2D eigenvalue weighted by Crippen LogP contribution is 2.23. The van der Waals surface area contributed by atoms with Crippen molar-refractivity contribution >= 4 is 17.5 Å². The van der Waals surface area contributed by atoms with Crippen LogP contribution >= 0.6 is 0 Å². The molecule has 5 heteroatoms. The molecule has 0 bridgehead atoms. The number of nitrogen functional groups attached to an aromatic ring is 1. The predicted molar refractivity (Wildman–Crippen MR) is 72.6 cm³/mol. The Hall–Kier alpha value is -1.78. The highest BCUT2D eigenvalue weighted by atomic mass is 16.5. The van der Waals surface area contributed by atoms with E-state index in [4.69, 9.17) is 10.5 Å². The number of rotatable bonds is 5. The molecule has 1 aromatic heterocycles. The zero-order valence-corrected chi connectivity index (χ0v) is 11.4. The van der Waals surface area contributed by atoms with Crippen molar-refractivity contribution in [2.24, 2.45) is 0 Å². The first-order valence-corrected chi connectivity index (χ1v) is 6.01. The van der Waals surface area contributed by atoms with Crippen molar-refractivity contribution in [3.05, 3.63) is 17.8 Å². The molecule has 0 saturated carbocycles. The molecule has 100 valence electrons. The van der Waals surface area contributed by atoms with Gasteiger partial charge in [-0.15, -0.1) is 0 Å². The number of pyridine rings is 1. The highest BCUT2D eigenvalue weighted by molar-refractivity contribution is 5.95. The van der Waals surface area contributed by atoms with Crippen molar-refractivity contribution in [2.75, 3.05) is 18.2 Å². The topological polar surface area (TPSA) is 77.2 Å². The van der Waals surface area contributed by atoms with E-state index in [1.165, 1.54) is 13.3 Å². The number of nitrogens with one attached hydrogen (secondary N) is 1. The summed E-state index contributed by atoms with van der Waals surface area (Å²) < 4.78 is 4.73. The molecule has 0 fully saturated rings. The van der Waals surface area contributed by atoms with E-state index in [1.54, 1.807) is 6.07 Å². The third-order valence-corrected chi connectivity index (χ3v) is 2.65. The molecule has 0 aliphatic rings. The maximum Gasteiger partial charge on any atom is 0.341 e. The molecule has 18 heavy (non-hydrogen) atoms. The standard InChI is InChI=1S/C13H21N3O2/c1-5-6-13(2,3)16-11-10(12(17)18-4)7-9(14)8-15-11/h7-8H,5-6,14H2,1-4H3,(H,15,16). The summed E-state index contributed by atoms with van der Waals surface area (Å²) in [7, 11) is 1.34. The molecular weight excluding hydrogens is 230 g/mol. The summed E-state index contributed by atoms with van der Waals surface area (Å²) in [6.45, 7) is 6.24. The minimum atomic E-state index is -0.440. The number of ether oxygens (including phenoxy) is 1. The zero-order valence-electron chi connectivity index (χ0n) is 11.4. The summed E-state index contributed by atoms with van der Waals surface area (Å²) in [6.07, 6.45) is 3.54. The molecule has 0 aliphatic carbocycles. The molecule has 3 N–H and O–H groups in total. The third-order valence-electron chi connectivity index (χ3n) is 2.65. The quantitative estimate of drug-likeness (QED) is 0.786. The number of anilines is 2. The second-order valence-electron chi connectivity index (χ2n) is 4.92. The minimum absolute atomic E-state index is 0.138. The smallest absolute Gasteiger partial charge is 0.341 e. The molecule has 0 spiro atoms. The summed E-state index contributed by atoms with van der Waals surface area (Å²) in [5.74, 6) is 0.0686. The van der Waals surface area contributed by atoms with Gasteiger partial charge in [0.2, 0.25) is 0 Å². The lowest BCUT2D eigenvalue weighted by molar-refractivity contribution is 0.0601. The third kappa shape index (κ3) is 3.61. The lowest BCUT2D eigenvalue weighted by atomic mass is 9.98. The Morgan fingerprint density at radius 3 is 2.78 bits per heavy atom. The molecule has 1 aromatic rings. The Labute approximate surface area is 108 Å². The van der Waals surface area contributed by atoms with Crippen molar-refractivity contribution in [3.63, 3.8) is 0 Å². The van der Waals surface area contributed by atoms with Gasteiger partial charge in [-0.1, -0.05) is 13.3 Å². The van der Waals surface area contributed by atoms with Crippen LogP contribution in [0, 0.1) is 0 Å². The normalized spacial score (nSPS) is 11.1. The van der Waals surface area contributed by atoms with Crippen LogP contribution < -0.4 is 11.1 Å². The Balaban J connectivity index is 3.05. The first-order chi connectivity index (χ1) is 8.39. The number of nitrogens with zero attached hydrogens (tertiary/aromatic N) is 1. The molecule has 1 heterocycles. The monoisotopic (exact) mass is 251 g/mol. The van der Waals surface area contributed by atoms with Gasteiger partial charge in [0.25, 0.3) is 0 Å². The number of aromatic nitrogens is 1. The van der Waals surface area contributed by atoms with Gasteiger partial charge in [-0.2, -0.15) is 0 Å². The Kier molecular flexibility index (Phi) is 4.53. The van der Waals surface area contributed by atoms with Crippen molar-refractivity contribution in [3.8, 4) is 0 Å². The predicted octanol–water partition coefficient (Wildman–Crippen LogP) is 2.44. The number of esters is 1. The van der Waals surface area contributed by atoms with Crippen LogP contribution in [0.15, 0.2) is 12.3 Å². The molecule has 0 unspecified atom stereocenters. The summed E-state index contributed by atoms with van der Waals surface area (Å²) in [5, 5.41) is 3.26. The van der Waals surface area contributed by atoms with Crippen molar-refractivity contribution in [1.29, 1.82) is 0 Å². The fourth-order valence-corrected chi connectivity index (χ4v) is 1.85. The number of nitrogens with two attached hydrogens (primary N) is 1. The van der Waals surface area contributed by atoms with Crippen molar-refractivity contribution < 1.29 is 9.53 Å². The van der Waals surface area contributed by atoms with Gasteiger partial charge in [0, 0.05) is 5.54 Å². The van der Waals surface area contributed by atoms with Crippen LogP contribution in [0.4, 0.5) is 11.5 Å². The SMILES string of the molecule is CCCC(C)(C)Nc1ncc(N)cc1C(=O)OC. The lowest BCUT2D eigenvalue weighted by Crippen LogP contribution is -2.32. The Bertz CT molecular complexity index is 430. The van der Waals surface area contributed by atoms with Crippen LogP contribution in [0.2, 0.25) is 0 Å². The number of hydrogen-bond donors (Lipinski definition) is 2. The largest absolute Gasteiger partial charge is 0.465 e. The maximum absolute atomic E-state index is 11.7. The van der Waals surface area contributed by atoms with E-state index in [0.29, 0.717) is 17.1 Å². The average Bonchev–Trinajstić information content (AvgIpc) is 2.30. The van der Waals surface area contributed by atoms with Crippen LogP contribution in [-0.4, -0.2) is 23.6 Å². The molecule has 0 aromatic carbocycles. The summed E-state index contributed by atoms with van der Waals surface area (Å²) in [5.41, 5.74) is 6.31. The number of methoxy groups -OCH3 is 1. The van der Waals surface area contributed by atoms with Crippen molar-refractivity contribution in [1.82, 2.24) is 4.98 Å². The molecule has 0 amide bonds. The van der Waals surface area contributed by atoms with Crippen LogP contribution in [0.3, 0.4) is 0 Å². The van der Waals surface area contributed by atoms with E-state index in [0.717, 1.165) is 12.8 Å². The molecule has 0 atom stereocenters. The van der Waals surface area contributed by atoms with E-state index >= 15 is 0 Å². The molecule has 1 rings (SSSR count). The Morgan fingerprint density at radius 2 is 2.22 bits per heavy atom. The molecule has 0 aliphatic heterocycles. The van der Waals surface area contributed by atoms with Crippen LogP contribution in [0.5, 0.6) is 0 Å². The number of carbonyl (C=O) groups excluding carboxylic acids is 1. The van der Waals surface area contributed by atoms with Gasteiger partial charge in [0.15, 0.2) is 0 Å². The fraction of sp³-hybridized carbons (Fsp3) is 0.538. The maximum atomic E-state index is 11.7. The molecule has 5 nitrogen and oxygen atoms in total. The second-order valence-corrected chi connectivity index (χ2v) is 4.92. The van der Waals surface area contributed by atoms with Crippen molar-refractivity contribution in [2.45, 2.75) is 39.2 Å². The van der Waals surface area contributed by atoms with E-state index in [2.05, 4.69) is 31.1 Å². The van der Waals surface area contributed by atoms with E-state index in [9.17, 15) is 4.79 Å². The van der Waals surface area contributed by atoms with Gasteiger partial charge in [-0.25, -0.2) is 9.78 Å². The summed E-state index contributed by atoms with van der Waals surface area (Å²) >= 11 is 0. The average molecular weight is 251 g/mol. The van der Waals surface area contributed by atoms with Crippen LogP contribution in [0.25, 0.3) is 0 Å². The van der Waals surface area contributed by atoms with Gasteiger partial charge in [0.1, 0.15) is 11.4 Å². The zero-order chi connectivity index (χ0) is 13.8. The molecular formula is C13H21N3O2. The number of hydrogen-bond acceptors (Lipinski definition) is 5. The van der Waals surface area contributed by atoms with Gasteiger partial charge in [0.05, 0.1) is 19.0 Å². The summed E-state index contributed by atoms with van der Waals surface area (Å²) in [4.78, 5) is 15.9. The van der Waals surface area contributed by atoms with Gasteiger partial charge >= 0.3 is 5.97 Å². The number of carbonyl (C=O) groups is 1. The van der Waals surface area contributed by atoms with Gasteiger partial charge in [-0.3, -0.25) is 0 Å². The first-order valence-electron chi connectivity index (χ1n) is 6.01. The van der Waals surface area contributed by atoms with E-state index in [1.807, 2.05) is 0 Å². The lowest BCUT2D eigenvalue weighted by Gasteiger charge is -2.27. The highest BCUT2D eigenvalue weighted by Gasteiger charge is 2.21. The van der Waals surface area contributed by atoms with Gasteiger partial charge < -0.3 is 15.8 Å². The molecule has 0 saturated heterocycles. The van der Waals surface area contributed by atoms with Crippen LogP contribution in [-0.2, 0) is 4.74 Å². The van der Waals surface area contributed by atoms with E-state index in [-0.39, 0.29) is 5.54 Å². The van der Waals surface area contributed by atoms with E-state index < -0.39 is 5.97 Å².